The van der Waals surface area contributed by atoms with E-state index in [4.69, 9.17) is 0 Å². The second-order valence-corrected chi connectivity index (χ2v) is 3.70. The SMILES string of the molecule is C=C.CC1CCNCC(F)(F)C1S. The third-order valence-electron chi connectivity index (χ3n) is 2.11. The van der Waals surface area contributed by atoms with Gasteiger partial charge in [-0.25, -0.2) is 8.78 Å². The lowest BCUT2D eigenvalue weighted by Gasteiger charge is -2.23. The van der Waals surface area contributed by atoms with Crippen molar-refractivity contribution in [1.29, 1.82) is 0 Å². The van der Waals surface area contributed by atoms with Gasteiger partial charge in [-0.1, -0.05) is 6.92 Å². The maximum absolute atomic E-state index is 13.0. The Morgan fingerprint density at radius 1 is 1.46 bits per heavy atom. The molecule has 0 amide bonds. The summed E-state index contributed by atoms with van der Waals surface area (Å²) in [5.41, 5.74) is 0. The molecular weight excluding hydrogens is 192 g/mol. The van der Waals surface area contributed by atoms with Crippen molar-refractivity contribution < 1.29 is 8.78 Å². The number of hydrogen-bond donors (Lipinski definition) is 2. The van der Waals surface area contributed by atoms with Crippen LogP contribution in [0.4, 0.5) is 8.78 Å². The molecule has 0 aromatic rings. The summed E-state index contributed by atoms with van der Waals surface area (Å²) in [4.78, 5) is 0. The van der Waals surface area contributed by atoms with Crippen LogP contribution in [-0.2, 0) is 0 Å². The average Bonchev–Trinajstić information content (AvgIpc) is 2.23. The van der Waals surface area contributed by atoms with E-state index in [-0.39, 0.29) is 12.5 Å². The number of nitrogens with one attached hydrogen (secondary N) is 1. The first-order valence-corrected chi connectivity index (χ1v) is 4.82. The van der Waals surface area contributed by atoms with Crippen molar-refractivity contribution in [3.8, 4) is 0 Å². The van der Waals surface area contributed by atoms with Crippen LogP contribution in [0.15, 0.2) is 13.2 Å². The molecule has 0 saturated carbocycles. The maximum Gasteiger partial charge on any atom is 0.271 e. The fraction of sp³-hybridized carbons (Fsp3) is 0.778. The minimum absolute atomic E-state index is 0.0108. The van der Waals surface area contributed by atoms with Gasteiger partial charge in [0.25, 0.3) is 5.92 Å². The van der Waals surface area contributed by atoms with Crippen molar-refractivity contribution >= 4 is 12.6 Å². The van der Waals surface area contributed by atoms with Gasteiger partial charge in [0.15, 0.2) is 0 Å². The van der Waals surface area contributed by atoms with Crippen molar-refractivity contribution in [3.05, 3.63) is 13.2 Å². The third-order valence-corrected chi connectivity index (χ3v) is 3.00. The lowest BCUT2D eigenvalue weighted by atomic mass is 10.0. The molecule has 4 heteroatoms. The summed E-state index contributed by atoms with van der Waals surface area (Å²) in [5, 5.41) is 1.91. The first kappa shape index (κ1) is 12.9. The molecule has 0 aromatic heterocycles. The molecule has 0 spiro atoms. The molecule has 1 saturated heterocycles. The molecule has 1 N–H and O–H groups in total. The monoisotopic (exact) mass is 209 g/mol. The van der Waals surface area contributed by atoms with Gasteiger partial charge in [0.05, 0.1) is 11.8 Å². The highest BCUT2D eigenvalue weighted by Gasteiger charge is 2.41. The van der Waals surface area contributed by atoms with Crippen LogP contribution in [0, 0.1) is 5.92 Å². The Bertz CT molecular complexity index is 153. The summed E-state index contributed by atoms with van der Waals surface area (Å²) >= 11 is 3.92. The van der Waals surface area contributed by atoms with Crippen LogP contribution in [0.2, 0.25) is 0 Å². The zero-order valence-electron chi connectivity index (χ0n) is 7.89. The highest BCUT2D eigenvalue weighted by atomic mass is 32.1. The molecule has 1 aliphatic rings. The molecule has 1 fully saturated rings. The normalized spacial score (nSPS) is 32.6. The molecule has 13 heavy (non-hydrogen) atoms. The second kappa shape index (κ2) is 5.60. The topological polar surface area (TPSA) is 12.0 Å². The highest BCUT2D eigenvalue weighted by molar-refractivity contribution is 7.81. The van der Waals surface area contributed by atoms with E-state index in [1.807, 2.05) is 6.92 Å². The summed E-state index contributed by atoms with van der Waals surface area (Å²) in [6, 6.07) is 0. The minimum Gasteiger partial charge on any atom is -0.311 e. The van der Waals surface area contributed by atoms with Gasteiger partial charge in [-0.2, -0.15) is 12.6 Å². The fourth-order valence-electron chi connectivity index (χ4n) is 1.26. The number of thiol groups is 1. The van der Waals surface area contributed by atoms with Crippen molar-refractivity contribution in [2.75, 3.05) is 13.1 Å². The van der Waals surface area contributed by atoms with Crippen LogP contribution in [0.3, 0.4) is 0 Å². The number of rotatable bonds is 0. The molecule has 0 bridgehead atoms. The number of alkyl halides is 2. The largest absolute Gasteiger partial charge is 0.311 e. The molecule has 2 atom stereocenters. The number of hydrogen-bond acceptors (Lipinski definition) is 2. The van der Waals surface area contributed by atoms with E-state index in [1.165, 1.54) is 0 Å². The van der Waals surface area contributed by atoms with Gasteiger partial charge in [0.1, 0.15) is 0 Å². The van der Waals surface area contributed by atoms with Crippen LogP contribution >= 0.6 is 12.6 Å². The zero-order chi connectivity index (χ0) is 10.5. The van der Waals surface area contributed by atoms with Gasteiger partial charge in [-0.3, -0.25) is 0 Å². The van der Waals surface area contributed by atoms with Gasteiger partial charge < -0.3 is 5.32 Å². The molecule has 0 aromatic carbocycles. The third kappa shape index (κ3) is 3.65. The molecule has 2 unspecified atom stereocenters. The molecule has 0 aliphatic carbocycles. The van der Waals surface area contributed by atoms with Crippen LogP contribution in [-0.4, -0.2) is 24.3 Å². The smallest absolute Gasteiger partial charge is 0.271 e. The summed E-state index contributed by atoms with van der Waals surface area (Å²) in [6.45, 7) is 8.26. The Labute approximate surface area is 84.0 Å². The maximum atomic E-state index is 13.0. The summed E-state index contributed by atoms with van der Waals surface area (Å²) in [7, 11) is 0. The van der Waals surface area contributed by atoms with Crippen LogP contribution < -0.4 is 5.32 Å². The lowest BCUT2D eigenvalue weighted by molar-refractivity contribution is -0.00373. The summed E-state index contributed by atoms with van der Waals surface area (Å²) in [5.74, 6) is -2.66. The Balaban J connectivity index is 0.000000671. The zero-order valence-corrected chi connectivity index (χ0v) is 8.79. The van der Waals surface area contributed by atoms with Gasteiger partial charge in [0, 0.05) is 0 Å². The molecule has 78 valence electrons. The molecule has 1 aliphatic heterocycles. The van der Waals surface area contributed by atoms with E-state index in [0.29, 0.717) is 6.54 Å². The first-order chi connectivity index (χ1) is 6.04. The molecule has 1 nitrogen and oxygen atoms in total. The molecular formula is C9H17F2NS. The van der Waals surface area contributed by atoms with E-state index in [9.17, 15) is 8.78 Å². The second-order valence-electron chi connectivity index (χ2n) is 3.15. The van der Waals surface area contributed by atoms with E-state index in [0.717, 1.165) is 6.42 Å². The standard InChI is InChI=1S/C7H13F2NS.C2H4/c1-5-2-3-10-4-7(8,9)6(5)11;1-2/h5-6,10-11H,2-4H2,1H3;1-2H2. The summed E-state index contributed by atoms with van der Waals surface area (Å²) < 4.78 is 25.9. The molecule has 1 heterocycles. The van der Waals surface area contributed by atoms with Gasteiger partial charge in [0.2, 0.25) is 0 Å². The van der Waals surface area contributed by atoms with Crippen molar-refractivity contribution in [2.24, 2.45) is 5.92 Å². The fourth-order valence-corrected chi connectivity index (χ4v) is 1.50. The van der Waals surface area contributed by atoms with E-state index >= 15 is 0 Å². The molecule has 0 radical (unpaired) electrons. The summed E-state index contributed by atoms with van der Waals surface area (Å²) in [6.07, 6.45) is 0.782. The Kier molecular flexibility index (Phi) is 5.56. The van der Waals surface area contributed by atoms with Gasteiger partial charge in [-0.15, -0.1) is 13.2 Å². The van der Waals surface area contributed by atoms with Crippen molar-refractivity contribution in [3.63, 3.8) is 0 Å². The van der Waals surface area contributed by atoms with Crippen LogP contribution in [0.25, 0.3) is 0 Å². The minimum atomic E-state index is -2.65. The Hall–Kier alpha value is -0.0900. The van der Waals surface area contributed by atoms with Crippen LogP contribution in [0.5, 0.6) is 0 Å². The molecule has 1 rings (SSSR count). The predicted octanol–water partition coefficient (Wildman–Crippen LogP) is 2.35. The predicted molar refractivity (Wildman–Crippen MR) is 55.6 cm³/mol. The van der Waals surface area contributed by atoms with Crippen molar-refractivity contribution in [2.45, 2.75) is 24.5 Å². The van der Waals surface area contributed by atoms with E-state index in [1.54, 1.807) is 0 Å². The highest BCUT2D eigenvalue weighted by Crippen LogP contribution is 2.31. The Morgan fingerprint density at radius 2 is 2.00 bits per heavy atom. The van der Waals surface area contributed by atoms with Gasteiger partial charge >= 0.3 is 0 Å². The number of halogens is 2. The lowest BCUT2D eigenvalue weighted by Crippen LogP contribution is -2.39. The average molecular weight is 209 g/mol. The van der Waals surface area contributed by atoms with E-state index in [2.05, 4.69) is 31.1 Å². The van der Waals surface area contributed by atoms with Crippen LogP contribution in [0.1, 0.15) is 13.3 Å². The first-order valence-electron chi connectivity index (χ1n) is 4.30. The Morgan fingerprint density at radius 3 is 2.54 bits per heavy atom. The van der Waals surface area contributed by atoms with E-state index < -0.39 is 11.2 Å². The van der Waals surface area contributed by atoms with Gasteiger partial charge in [-0.05, 0) is 18.9 Å². The van der Waals surface area contributed by atoms with Crippen molar-refractivity contribution in [1.82, 2.24) is 5.32 Å². The quantitative estimate of drug-likeness (QED) is 0.461.